The van der Waals surface area contributed by atoms with Crippen molar-refractivity contribution in [1.82, 2.24) is 10.6 Å². The zero-order valence-electron chi connectivity index (χ0n) is 14.5. The van der Waals surface area contributed by atoms with Crippen LogP contribution in [0.3, 0.4) is 0 Å². The lowest BCUT2D eigenvalue weighted by Crippen LogP contribution is -2.41. The van der Waals surface area contributed by atoms with E-state index in [1.165, 1.54) is 12.1 Å². The number of nitrogens with one attached hydrogen (secondary N) is 2. The second-order valence-electron chi connectivity index (χ2n) is 5.37. The SMILES string of the molecule is CCNC(=O)NC(=O)COC(=O)c1ccccc1C(=O)c1ccc(Cl)cc1. The van der Waals surface area contributed by atoms with Crippen LogP contribution in [0, 0.1) is 0 Å². The molecule has 0 saturated heterocycles. The largest absolute Gasteiger partial charge is 0.452 e. The summed E-state index contributed by atoms with van der Waals surface area (Å²) in [7, 11) is 0. The molecule has 0 saturated carbocycles. The summed E-state index contributed by atoms with van der Waals surface area (Å²) >= 11 is 5.82. The molecule has 0 aliphatic heterocycles. The number of ether oxygens (including phenoxy) is 1. The smallest absolute Gasteiger partial charge is 0.339 e. The van der Waals surface area contributed by atoms with Crippen molar-refractivity contribution in [1.29, 1.82) is 0 Å². The van der Waals surface area contributed by atoms with Crippen molar-refractivity contribution in [3.8, 4) is 0 Å². The quantitative estimate of drug-likeness (QED) is 0.585. The third-order valence-electron chi connectivity index (χ3n) is 3.42. The van der Waals surface area contributed by atoms with Gasteiger partial charge in [-0.3, -0.25) is 14.9 Å². The maximum absolute atomic E-state index is 12.7. The first-order chi connectivity index (χ1) is 12.9. The van der Waals surface area contributed by atoms with Gasteiger partial charge < -0.3 is 10.1 Å². The average molecular weight is 389 g/mol. The fourth-order valence-electron chi connectivity index (χ4n) is 2.19. The van der Waals surface area contributed by atoms with E-state index in [1.807, 2.05) is 5.32 Å². The number of hydrogen-bond acceptors (Lipinski definition) is 5. The van der Waals surface area contributed by atoms with Crippen LogP contribution < -0.4 is 10.6 Å². The normalized spacial score (nSPS) is 10.0. The number of carbonyl (C=O) groups is 4. The summed E-state index contributed by atoms with van der Waals surface area (Å²) in [6.45, 7) is 1.39. The van der Waals surface area contributed by atoms with Gasteiger partial charge in [0.1, 0.15) is 0 Å². The predicted octanol–water partition coefficient (Wildman–Crippen LogP) is 2.57. The summed E-state index contributed by atoms with van der Waals surface area (Å²) in [5.74, 6) is -2.01. The number of amides is 3. The van der Waals surface area contributed by atoms with Gasteiger partial charge in [-0.2, -0.15) is 0 Å². The lowest BCUT2D eigenvalue weighted by molar-refractivity contribution is -0.123. The standard InChI is InChI=1S/C19H17ClN2O5/c1-2-21-19(26)22-16(23)11-27-18(25)15-6-4-3-5-14(15)17(24)12-7-9-13(20)10-8-12/h3-10H,2,11H2,1H3,(H2,21,22,23,26). The van der Waals surface area contributed by atoms with Gasteiger partial charge in [-0.1, -0.05) is 29.8 Å². The number of rotatable bonds is 6. The van der Waals surface area contributed by atoms with Crippen LogP contribution >= 0.6 is 11.6 Å². The molecule has 2 aromatic rings. The van der Waals surface area contributed by atoms with Gasteiger partial charge in [-0.15, -0.1) is 0 Å². The Bertz CT molecular complexity index is 865. The van der Waals surface area contributed by atoms with Crippen molar-refractivity contribution in [3.05, 3.63) is 70.2 Å². The maximum atomic E-state index is 12.7. The van der Waals surface area contributed by atoms with E-state index in [9.17, 15) is 19.2 Å². The zero-order chi connectivity index (χ0) is 19.8. The first-order valence-electron chi connectivity index (χ1n) is 8.06. The van der Waals surface area contributed by atoms with Crippen LogP contribution in [0.15, 0.2) is 48.5 Å². The molecule has 0 unspecified atom stereocenters. The van der Waals surface area contributed by atoms with E-state index in [0.717, 1.165) is 0 Å². The molecule has 0 heterocycles. The highest BCUT2D eigenvalue weighted by molar-refractivity contribution is 6.30. The Labute approximate surface area is 160 Å². The molecule has 7 nitrogen and oxygen atoms in total. The fraction of sp³-hybridized carbons (Fsp3) is 0.158. The first kappa shape index (κ1) is 20.1. The molecule has 0 radical (unpaired) electrons. The molecule has 140 valence electrons. The van der Waals surface area contributed by atoms with Gasteiger partial charge in [0.2, 0.25) is 0 Å². The van der Waals surface area contributed by atoms with Crippen molar-refractivity contribution >= 4 is 35.3 Å². The number of carbonyl (C=O) groups excluding carboxylic acids is 4. The monoisotopic (exact) mass is 388 g/mol. The maximum Gasteiger partial charge on any atom is 0.339 e. The van der Waals surface area contributed by atoms with Crippen LogP contribution in [-0.4, -0.2) is 36.8 Å². The molecule has 0 spiro atoms. The van der Waals surface area contributed by atoms with E-state index >= 15 is 0 Å². The number of benzene rings is 2. The number of imide groups is 1. The second-order valence-corrected chi connectivity index (χ2v) is 5.80. The molecule has 0 fully saturated rings. The summed E-state index contributed by atoms with van der Waals surface area (Å²) in [6.07, 6.45) is 0. The van der Waals surface area contributed by atoms with Crippen molar-refractivity contribution in [2.75, 3.05) is 13.2 Å². The Morgan fingerprint density at radius 2 is 1.59 bits per heavy atom. The van der Waals surface area contributed by atoms with Crippen molar-refractivity contribution in [2.45, 2.75) is 6.92 Å². The number of halogens is 1. The minimum absolute atomic E-state index is 0.0169. The molecule has 2 rings (SSSR count). The molecule has 27 heavy (non-hydrogen) atoms. The predicted molar refractivity (Wildman–Crippen MR) is 98.8 cm³/mol. The van der Waals surface area contributed by atoms with Gasteiger partial charge in [-0.05, 0) is 37.3 Å². The third-order valence-corrected chi connectivity index (χ3v) is 3.67. The fourth-order valence-corrected chi connectivity index (χ4v) is 2.32. The zero-order valence-corrected chi connectivity index (χ0v) is 15.2. The van der Waals surface area contributed by atoms with Gasteiger partial charge in [0.25, 0.3) is 5.91 Å². The minimum atomic E-state index is -0.848. The van der Waals surface area contributed by atoms with Crippen molar-refractivity contribution < 1.29 is 23.9 Å². The van der Waals surface area contributed by atoms with Crippen LogP contribution in [-0.2, 0) is 9.53 Å². The van der Waals surface area contributed by atoms with Crippen molar-refractivity contribution in [2.24, 2.45) is 0 Å². The van der Waals surface area contributed by atoms with Gasteiger partial charge >= 0.3 is 12.0 Å². The van der Waals surface area contributed by atoms with E-state index in [2.05, 4.69) is 5.32 Å². The summed E-state index contributed by atoms with van der Waals surface area (Å²) in [5, 5.41) is 4.87. The Morgan fingerprint density at radius 1 is 0.963 bits per heavy atom. The van der Waals surface area contributed by atoms with Crippen LogP contribution in [0.25, 0.3) is 0 Å². The van der Waals surface area contributed by atoms with Gasteiger partial charge in [0.15, 0.2) is 12.4 Å². The van der Waals surface area contributed by atoms with Crippen LogP contribution in [0.4, 0.5) is 4.79 Å². The van der Waals surface area contributed by atoms with Gasteiger partial charge in [0, 0.05) is 22.7 Å². The average Bonchev–Trinajstić information content (AvgIpc) is 2.66. The van der Waals surface area contributed by atoms with Crippen LogP contribution in [0.1, 0.15) is 33.2 Å². The summed E-state index contributed by atoms with van der Waals surface area (Å²) < 4.78 is 4.91. The molecule has 0 aliphatic rings. The highest BCUT2D eigenvalue weighted by Gasteiger charge is 2.20. The Kier molecular flexibility index (Phi) is 7.08. The number of esters is 1. The number of ketones is 1. The Morgan fingerprint density at radius 3 is 2.22 bits per heavy atom. The molecular formula is C19H17ClN2O5. The van der Waals surface area contributed by atoms with E-state index in [0.29, 0.717) is 17.1 Å². The minimum Gasteiger partial charge on any atom is -0.452 e. The Balaban J connectivity index is 2.09. The number of urea groups is 1. The molecule has 8 heteroatoms. The molecule has 2 aromatic carbocycles. The topological polar surface area (TPSA) is 102 Å². The summed E-state index contributed by atoms with van der Waals surface area (Å²) in [5.41, 5.74) is 0.505. The summed E-state index contributed by atoms with van der Waals surface area (Å²) in [4.78, 5) is 47.8. The lowest BCUT2D eigenvalue weighted by Gasteiger charge is -2.09. The summed E-state index contributed by atoms with van der Waals surface area (Å²) in [6, 6.07) is 11.7. The molecule has 2 N–H and O–H groups in total. The van der Waals surface area contributed by atoms with Gasteiger partial charge in [0.05, 0.1) is 5.56 Å². The molecular weight excluding hydrogens is 372 g/mol. The van der Waals surface area contributed by atoms with Gasteiger partial charge in [-0.25, -0.2) is 9.59 Å². The van der Waals surface area contributed by atoms with E-state index in [4.69, 9.17) is 16.3 Å². The van der Waals surface area contributed by atoms with E-state index in [1.54, 1.807) is 43.3 Å². The molecule has 0 aromatic heterocycles. The molecule has 0 bridgehead atoms. The first-order valence-corrected chi connectivity index (χ1v) is 8.44. The molecule has 0 aliphatic carbocycles. The van der Waals surface area contributed by atoms with Crippen molar-refractivity contribution in [3.63, 3.8) is 0 Å². The highest BCUT2D eigenvalue weighted by Crippen LogP contribution is 2.17. The molecule has 0 atom stereocenters. The highest BCUT2D eigenvalue weighted by atomic mass is 35.5. The number of hydrogen-bond donors (Lipinski definition) is 2. The van der Waals surface area contributed by atoms with Crippen LogP contribution in [0.5, 0.6) is 0 Å². The second kappa shape index (κ2) is 9.49. The Hall–Kier alpha value is -3.19. The third kappa shape index (κ3) is 5.65. The van der Waals surface area contributed by atoms with E-state index in [-0.39, 0.29) is 16.9 Å². The van der Waals surface area contributed by atoms with Crippen LogP contribution in [0.2, 0.25) is 5.02 Å². The lowest BCUT2D eigenvalue weighted by atomic mass is 9.98. The van der Waals surface area contributed by atoms with E-state index < -0.39 is 24.5 Å². The molecule has 3 amide bonds.